The molecule has 0 aromatic carbocycles. The van der Waals surface area contributed by atoms with Crippen molar-refractivity contribution in [1.29, 1.82) is 0 Å². The van der Waals surface area contributed by atoms with Crippen molar-refractivity contribution in [3.05, 3.63) is 47.1 Å². The Balaban J connectivity index is 1.97. The molecule has 0 aliphatic heterocycles. The molecule has 0 saturated heterocycles. The summed E-state index contributed by atoms with van der Waals surface area (Å²) in [6, 6.07) is 1.79. The van der Waals surface area contributed by atoms with E-state index in [4.69, 9.17) is 5.73 Å². The van der Waals surface area contributed by atoms with Gasteiger partial charge >= 0.3 is 0 Å². The van der Waals surface area contributed by atoms with Crippen molar-refractivity contribution in [3.8, 4) is 11.3 Å². The Bertz CT molecular complexity index is 700. The summed E-state index contributed by atoms with van der Waals surface area (Å²) in [5.41, 5.74) is 9.58. The quantitative estimate of drug-likeness (QED) is 0.793. The molecule has 96 valence electrons. The molecule has 3 rings (SSSR count). The fourth-order valence-corrected chi connectivity index (χ4v) is 2.68. The number of anilines is 1. The molecule has 0 spiro atoms. The van der Waals surface area contributed by atoms with Crippen LogP contribution in [0.2, 0.25) is 0 Å². The van der Waals surface area contributed by atoms with Crippen LogP contribution in [-0.2, 0) is 6.54 Å². The van der Waals surface area contributed by atoms with E-state index in [1.54, 1.807) is 42.3 Å². The van der Waals surface area contributed by atoms with Crippen molar-refractivity contribution in [2.24, 2.45) is 0 Å². The summed E-state index contributed by atoms with van der Waals surface area (Å²) in [5.74, 6) is 0. The van der Waals surface area contributed by atoms with E-state index in [-0.39, 0.29) is 0 Å². The van der Waals surface area contributed by atoms with Gasteiger partial charge in [0, 0.05) is 34.7 Å². The van der Waals surface area contributed by atoms with Crippen LogP contribution >= 0.6 is 11.3 Å². The number of nitrogens with two attached hydrogens (primary N) is 1. The topological polar surface area (TPSA) is 69.6 Å². The third kappa shape index (κ3) is 2.34. The molecule has 0 aliphatic carbocycles. The lowest BCUT2D eigenvalue weighted by atomic mass is 10.2. The first-order chi connectivity index (χ1) is 9.24. The van der Waals surface area contributed by atoms with Crippen LogP contribution in [0.1, 0.15) is 10.7 Å². The third-order valence-corrected chi connectivity index (χ3v) is 3.77. The highest BCUT2D eigenvalue weighted by Crippen LogP contribution is 2.25. The Kier molecular flexibility index (Phi) is 3.00. The number of hydrogen-bond donors (Lipinski definition) is 1. The van der Waals surface area contributed by atoms with Crippen molar-refractivity contribution in [3.63, 3.8) is 0 Å². The SMILES string of the molecule is Cc1csc(Cn2cncc2-c2cnccc2N)n1. The smallest absolute Gasteiger partial charge is 0.113 e. The lowest BCUT2D eigenvalue weighted by molar-refractivity contribution is 0.795. The molecule has 5 nitrogen and oxygen atoms in total. The number of aromatic nitrogens is 4. The normalized spacial score (nSPS) is 10.8. The summed E-state index contributed by atoms with van der Waals surface area (Å²) in [4.78, 5) is 12.8. The Morgan fingerprint density at radius 2 is 2.21 bits per heavy atom. The largest absolute Gasteiger partial charge is 0.398 e. The number of aryl methyl sites for hydroxylation is 1. The van der Waals surface area contributed by atoms with Crippen LogP contribution in [-0.4, -0.2) is 19.5 Å². The van der Waals surface area contributed by atoms with Crippen molar-refractivity contribution in [2.75, 3.05) is 5.73 Å². The van der Waals surface area contributed by atoms with E-state index in [0.29, 0.717) is 12.2 Å². The number of rotatable bonds is 3. The maximum Gasteiger partial charge on any atom is 0.113 e. The summed E-state index contributed by atoms with van der Waals surface area (Å²) < 4.78 is 2.03. The van der Waals surface area contributed by atoms with Gasteiger partial charge in [-0.3, -0.25) is 4.98 Å². The van der Waals surface area contributed by atoms with E-state index in [2.05, 4.69) is 15.0 Å². The van der Waals surface area contributed by atoms with E-state index in [0.717, 1.165) is 22.0 Å². The highest BCUT2D eigenvalue weighted by molar-refractivity contribution is 7.09. The van der Waals surface area contributed by atoms with E-state index in [1.165, 1.54) is 0 Å². The molecule has 0 saturated carbocycles. The molecule has 2 N–H and O–H groups in total. The Morgan fingerprint density at radius 1 is 1.32 bits per heavy atom. The zero-order chi connectivity index (χ0) is 13.2. The van der Waals surface area contributed by atoms with Gasteiger partial charge in [0.15, 0.2) is 0 Å². The highest BCUT2D eigenvalue weighted by Gasteiger charge is 2.10. The van der Waals surface area contributed by atoms with Gasteiger partial charge in [-0.15, -0.1) is 11.3 Å². The van der Waals surface area contributed by atoms with Crippen molar-refractivity contribution in [2.45, 2.75) is 13.5 Å². The highest BCUT2D eigenvalue weighted by atomic mass is 32.1. The van der Waals surface area contributed by atoms with Gasteiger partial charge in [0.25, 0.3) is 0 Å². The molecule has 3 heterocycles. The first kappa shape index (κ1) is 11.9. The molecule has 0 bridgehead atoms. The lowest BCUT2D eigenvalue weighted by Crippen LogP contribution is -2.02. The van der Waals surface area contributed by atoms with Crippen molar-refractivity contribution >= 4 is 17.0 Å². The van der Waals surface area contributed by atoms with Gasteiger partial charge < -0.3 is 10.3 Å². The fraction of sp³-hybridized carbons (Fsp3) is 0.154. The zero-order valence-corrected chi connectivity index (χ0v) is 11.3. The second kappa shape index (κ2) is 4.81. The number of hydrogen-bond acceptors (Lipinski definition) is 5. The second-order valence-electron chi connectivity index (χ2n) is 4.25. The Labute approximate surface area is 114 Å². The van der Waals surface area contributed by atoms with E-state index in [1.807, 2.05) is 16.9 Å². The average molecular weight is 271 g/mol. The lowest BCUT2D eigenvalue weighted by Gasteiger charge is -2.08. The third-order valence-electron chi connectivity index (χ3n) is 2.82. The van der Waals surface area contributed by atoms with Gasteiger partial charge in [-0.25, -0.2) is 9.97 Å². The summed E-state index contributed by atoms with van der Waals surface area (Å²) >= 11 is 1.65. The van der Waals surface area contributed by atoms with Crippen LogP contribution in [0, 0.1) is 6.92 Å². The standard InChI is InChI=1S/C13H13N5S/c1-9-7-19-13(17-9)6-18-8-16-5-12(18)10-4-15-3-2-11(10)14/h2-5,7-8H,6H2,1H3,(H2,14,15). The first-order valence-electron chi connectivity index (χ1n) is 5.85. The molecule has 6 heteroatoms. The van der Waals surface area contributed by atoms with Gasteiger partial charge in [-0.05, 0) is 13.0 Å². The van der Waals surface area contributed by atoms with E-state index >= 15 is 0 Å². The number of nitrogens with zero attached hydrogens (tertiary/aromatic N) is 4. The number of pyridine rings is 1. The maximum atomic E-state index is 5.98. The first-order valence-corrected chi connectivity index (χ1v) is 6.73. The van der Waals surface area contributed by atoms with Crippen LogP contribution in [0.15, 0.2) is 36.4 Å². The summed E-state index contributed by atoms with van der Waals surface area (Å²) in [7, 11) is 0. The predicted molar refractivity (Wildman–Crippen MR) is 75.8 cm³/mol. The van der Waals surface area contributed by atoms with Gasteiger partial charge in [-0.1, -0.05) is 0 Å². The molecule has 0 amide bonds. The van der Waals surface area contributed by atoms with Crippen LogP contribution in [0.25, 0.3) is 11.3 Å². The zero-order valence-electron chi connectivity index (χ0n) is 10.4. The van der Waals surface area contributed by atoms with Crippen LogP contribution < -0.4 is 5.73 Å². The molecule has 19 heavy (non-hydrogen) atoms. The van der Waals surface area contributed by atoms with Crippen LogP contribution in [0.5, 0.6) is 0 Å². The number of nitrogen functional groups attached to an aromatic ring is 1. The minimum atomic E-state index is 0.697. The van der Waals surface area contributed by atoms with Gasteiger partial charge in [0.05, 0.1) is 24.8 Å². The van der Waals surface area contributed by atoms with Crippen molar-refractivity contribution in [1.82, 2.24) is 19.5 Å². The molecule has 3 aromatic rings. The number of imidazole rings is 1. The monoisotopic (exact) mass is 271 g/mol. The fourth-order valence-electron chi connectivity index (χ4n) is 1.91. The number of thiazole rings is 1. The molecule has 0 radical (unpaired) electrons. The molecular formula is C13H13N5S. The predicted octanol–water partition coefficient (Wildman–Crippen LogP) is 2.34. The molecule has 0 fully saturated rings. The molecule has 0 unspecified atom stereocenters. The molecular weight excluding hydrogens is 258 g/mol. The van der Waals surface area contributed by atoms with Gasteiger partial charge in [0.1, 0.15) is 5.01 Å². The maximum absolute atomic E-state index is 5.98. The summed E-state index contributed by atoms with van der Waals surface area (Å²) in [5, 5.41) is 3.10. The second-order valence-corrected chi connectivity index (χ2v) is 5.19. The minimum absolute atomic E-state index is 0.697. The minimum Gasteiger partial charge on any atom is -0.398 e. The van der Waals surface area contributed by atoms with Crippen molar-refractivity contribution < 1.29 is 0 Å². The Hall–Kier alpha value is -2.21. The van der Waals surface area contributed by atoms with E-state index in [9.17, 15) is 0 Å². The van der Waals surface area contributed by atoms with Crippen LogP contribution in [0.3, 0.4) is 0 Å². The van der Waals surface area contributed by atoms with Gasteiger partial charge in [0.2, 0.25) is 0 Å². The summed E-state index contributed by atoms with van der Waals surface area (Å²) in [6.45, 7) is 2.69. The van der Waals surface area contributed by atoms with Gasteiger partial charge in [-0.2, -0.15) is 0 Å². The molecule has 0 atom stereocenters. The van der Waals surface area contributed by atoms with Crippen LogP contribution in [0.4, 0.5) is 5.69 Å². The Morgan fingerprint density at radius 3 is 2.95 bits per heavy atom. The summed E-state index contributed by atoms with van der Waals surface area (Å²) in [6.07, 6.45) is 7.03. The average Bonchev–Trinajstić information content (AvgIpc) is 3.00. The van der Waals surface area contributed by atoms with E-state index < -0.39 is 0 Å². The molecule has 3 aromatic heterocycles. The molecule has 0 aliphatic rings.